The maximum Gasteiger partial charge on any atom is 0.419 e. The van der Waals surface area contributed by atoms with Crippen LogP contribution in [0.3, 0.4) is 0 Å². The van der Waals surface area contributed by atoms with Crippen molar-refractivity contribution in [2.45, 2.75) is 25.6 Å². The summed E-state index contributed by atoms with van der Waals surface area (Å²) in [5, 5.41) is 10.8. The van der Waals surface area contributed by atoms with Gasteiger partial charge in [0.05, 0.1) is 5.56 Å². The highest BCUT2D eigenvalue weighted by atomic mass is 19.4. The first-order chi connectivity index (χ1) is 9.16. The van der Waals surface area contributed by atoms with Gasteiger partial charge >= 0.3 is 12.1 Å². The number of carboxylic acid groups (broad SMARTS) is 1. The monoisotopic (exact) mass is 293 g/mol. The molecule has 0 heterocycles. The number of alkyl halides is 3. The van der Waals surface area contributed by atoms with Crippen molar-refractivity contribution in [1.82, 2.24) is 5.32 Å². The third-order valence-corrected chi connectivity index (χ3v) is 2.55. The van der Waals surface area contributed by atoms with E-state index in [1.165, 1.54) is 6.92 Å². The molecule has 8 heteroatoms. The lowest BCUT2D eigenvalue weighted by Gasteiger charge is -2.13. The van der Waals surface area contributed by atoms with E-state index in [0.717, 1.165) is 6.07 Å². The van der Waals surface area contributed by atoms with Gasteiger partial charge in [0.15, 0.2) is 0 Å². The Labute approximate surface area is 111 Å². The minimum atomic E-state index is -4.93. The van der Waals surface area contributed by atoms with Gasteiger partial charge < -0.3 is 10.4 Å². The van der Waals surface area contributed by atoms with Crippen molar-refractivity contribution in [1.29, 1.82) is 0 Å². The summed E-state index contributed by atoms with van der Waals surface area (Å²) in [6.45, 7) is 1.49. The molecule has 1 amide bonds. The summed E-state index contributed by atoms with van der Waals surface area (Å²) in [4.78, 5) is 22.4. The van der Waals surface area contributed by atoms with E-state index in [1.807, 2.05) is 0 Å². The lowest BCUT2D eigenvalue weighted by atomic mass is 10.1. The number of carboxylic acids is 1. The SMILES string of the molecule is CCC(NC(=O)c1ccc(F)c(C(F)(F)F)c1)C(=O)O. The number of amides is 1. The van der Waals surface area contributed by atoms with E-state index in [9.17, 15) is 27.2 Å². The molecule has 1 rings (SSSR count). The Balaban J connectivity index is 3.03. The van der Waals surface area contributed by atoms with E-state index in [4.69, 9.17) is 5.11 Å². The number of nitrogens with one attached hydrogen (secondary N) is 1. The van der Waals surface area contributed by atoms with E-state index in [-0.39, 0.29) is 6.42 Å². The Morgan fingerprint density at radius 2 is 1.95 bits per heavy atom. The van der Waals surface area contributed by atoms with Gasteiger partial charge in [0.25, 0.3) is 5.91 Å². The summed E-state index contributed by atoms with van der Waals surface area (Å²) in [5.74, 6) is -3.82. The minimum Gasteiger partial charge on any atom is -0.480 e. The van der Waals surface area contributed by atoms with Crippen LogP contribution < -0.4 is 5.32 Å². The van der Waals surface area contributed by atoms with Gasteiger partial charge in [-0.15, -0.1) is 0 Å². The highest BCUT2D eigenvalue weighted by Gasteiger charge is 2.34. The molecule has 2 N–H and O–H groups in total. The molecule has 0 aliphatic heterocycles. The molecule has 1 unspecified atom stereocenters. The molecule has 1 atom stereocenters. The number of carbonyl (C=O) groups is 2. The minimum absolute atomic E-state index is 0.0639. The van der Waals surface area contributed by atoms with Gasteiger partial charge in [-0.05, 0) is 24.6 Å². The summed E-state index contributed by atoms with van der Waals surface area (Å²) in [5.41, 5.74) is -2.04. The number of hydrogen-bond donors (Lipinski definition) is 2. The summed E-state index contributed by atoms with van der Waals surface area (Å²) in [6.07, 6.45) is -4.87. The lowest BCUT2D eigenvalue weighted by Crippen LogP contribution is -2.40. The van der Waals surface area contributed by atoms with Crippen LogP contribution in [0.1, 0.15) is 29.3 Å². The summed E-state index contributed by atoms with van der Waals surface area (Å²) < 4.78 is 50.5. The molecule has 1 aromatic carbocycles. The molecule has 0 bridgehead atoms. The highest BCUT2D eigenvalue weighted by molar-refractivity contribution is 5.96. The zero-order valence-corrected chi connectivity index (χ0v) is 10.3. The van der Waals surface area contributed by atoms with Gasteiger partial charge in [0.2, 0.25) is 0 Å². The van der Waals surface area contributed by atoms with Crippen LogP contribution in [0.4, 0.5) is 17.6 Å². The number of carbonyl (C=O) groups excluding carboxylic acids is 1. The first kappa shape index (κ1) is 15.9. The van der Waals surface area contributed by atoms with Crippen molar-refractivity contribution in [3.05, 3.63) is 35.1 Å². The molecule has 0 aliphatic rings. The zero-order chi connectivity index (χ0) is 15.5. The summed E-state index contributed by atoms with van der Waals surface area (Å²) in [7, 11) is 0. The number of rotatable bonds is 4. The molecule has 0 saturated carbocycles. The molecular weight excluding hydrogens is 282 g/mol. The van der Waals surface area contributed by atoms with E-state index in [1.54, 1.807) is 0 Å². The molecule has 0 fully saturated rings. The predicted octanol–water partition coefficient (Wildman–Crippen LogP) is 2.44. The van der Waals surface area contributed by atoms with Crippen LogP contribution in [-0.4, -0.2) is 23.0 Å². The Morgan fingerprint density at radius 1 is 1.35 bits per heavy atom. The Kier molecular flexibility index (Phi) is 4.69. The van der Waals surface area contributed by atoms with Crippen molar-refractivity contribution in [2.24, 2.45) is 0 Å². The largest absolute Gasteiger partial charge is 0.480 e. The molecular formula is C12H11F4NO3. The van der Waals surface area contributed by atoms with Crippen molar-refractivity contribution in [3.8, 4) is 0 Å². The Hall–Kier alpha value is -2.12. The lowest BCUT2D eigenvalue weighted by molar-refractivity contribution is -0.140. The van der Waals surface area contributed by atoms with E-state index in [0.29, 0.717) is 12.1 Å². The summed E-state index contributed by atoms with van der Waals surface area (Å²) >= 11 is 0. The fraction of sp³-hybridized carbons (Fsp3) is 0.333. The average Bonchev–Trinajstić information content (AvgIpc) is 2.34. The molecule has 20 heavy (non-hydrogen) atoms. The van der Waals surface area contributed by atoms with Gasteiger partial charge in [-0.25, -0.2) is 9.18 Å². The number of aliphatic carboxylic acids is 1. The van der Waals surface area contributed by atoms with Gasteiger partial charge in [-0.2, -0.15) is 13.2 Å². The molecule has 0 radical (unpaired) electrons. The van der Waals surface area contributed by atoms with Crippen LogP contribution in [0.15, 0.2) is 18.2 Å². The van der Waals surface area contributed by atoms with Gasteiger partial charge in [0.1, 0.15) is 11.9 Å². The molecule has 0 spiro atoms. The number of hydrogen-bond acceptors (Lipinski definition) is 2. The fourth-order valence-corrected chi connectivity index (χ4v) is 1.46. The molecule has 1 aromatic rings. The zero-order valence-electron chi connectivity index (χ0n) is 10.3. The fourth-order valence-electron chi connectivity index (χ4n) is 1.46. The predicted molar refractivity (Wildman–Crippen MR) is 60.6 cm³/mol. The van der Waals surface area contributed by atoms with Crippen LogP contribution in [-0.2, 0) is 11.0 Å². The smallest absolute Gasteiger partial charge is 0.419 e. The maximum atomic E-state index is 13.0. The van der Waals surface area contributed by atoms with Crippen molar-refractivity contribution < 1.29 is 32.3 Å². The quantitative estimate of drug-likeness (QED) is 0.838. The first-order valence-corrected chi connectivity index (χ1v) is 5.57. The second kappa shape index (κ2) is 5.89. The van der Waals surface area contributed by atoms with E-state index >= 15 is 0 Å². The normalized spacial score (nSPS) is 12.8. The topological polar surface area (TPSA) is 66.4 Å². The average molecular weight is 293 g/mol. The van der Waals surface area contributed by atoms with E-state index < -0.39 is 41.0 Å². The summed E-state index contributed by atoms with van der Waals surface area (Å²) in [6, 6.07) is 0.495. The highest BCUT2D eigenvalue weighted by Crippen LogP contribution is 2.31. The van der Waals surface area contributed by atoms with Gasteiger partial charge in [-0.1, -0.05) is 6.92 Å². The van der Waals surface area contributed by atoms with Crippen LogP contribution >= 0.6 is 0 Å². The second-order valence-corrected chi connectivity index (χ2v) is 3.96. The second-order valence-electron chi connectivity index (χ2n) is 3.96. The van der Waals surface area contributed by atoms with Crippen molar-refractivity contribution in [2.75, 3.05) is 0 Å². The first-order valence-electron chi connectivity index (χ1n) is 5.57. The Bertz CT molecular complexity index is 528. The van der Waals surface area contributed by atoms with Crippen LogP contribution in [0.25, 0.3) is 0 Å². The molecule has 0 aliphatic carbocycles. The van der Waals surface area contributed by atoms with Crippen molar-refractivity contribution >= 4 is 11.9 Å². The van der Waals surface area contributed by atoms with Gasteiger partial charge in [-0.3, -0.25) is 4.79 Å². The molecule has 4 nitrogen and oxygen atoms in total. The third kappa shape index (κ3) is 3.69. The number of benzene rings is 1. The van der Waals surface area contributed by atoms with Gasteiger partial charge in [0, 0.05) is 5.56 Å². The third-order valence-electron chi connectivity index (χ3n) is 2.55. The van der Waals surface area contributed by atoms with Crippen LogP contribution in [0, 0.1) is 5.82 Å². The molecule has 0 aromatic heterocycles. The standard InChI is InChI=1S/C12H11F4NO3/c1-2-9(11(19)20)17-10(18)6-3-4-8(13)7(5-6)12(14,15)16/h3-5,9H,2H2,1H3,(H,17,18)(H,19,20). The molecule has 0 saturated heterocycles. The maximum absolute atomic E-state index is 13.0. The Morgan fingerprint density at radius 3 is 2.40 bits per heavy atom. The van der Waals surface area contributed by atoms with Crippen LogP contribution in [0.2, 0.25) is 0 Å². The van der Waals surface area contributed by atoms with Crippen molar-refractivity contribution in [3.63, 3.8) is 0 Å². The van der Waals surface area contributed by atoms with Crippen LogP contribution in [0.5, 0.6) is 0 Å². The van der Waals surface area contributed by atoms with E-state index in [2.05, 4.69) is 5.32 Å². The molecule has 110 valence electrons. The number of halogens is 4.